The highest BCUT2D eigenvalue weighted by atomic mass is 32.1. The maximum Gasteiger partial charge on any atom is 0.344 e. The molecule has 0 atom stereocenters. The van der Waals surface area contributed by atoms with Gasteiger partial charge in [0.2, 0.25) is 5.88 Å². The number of rotatable bonds is 13. The van der Waals surface area contributed by atoms with E-state index in [9.17, 15) is 23.5 Å². The zero-order valence-electron chi connectivity index (χ0n) is 21.3. The van der Waals surface area contributed by atoms with Crippen molar-refractivity contribution in [3.8, 4) is 5.88 Å². The number of piperazine rings is 1. The highest BCUT2D eigenvalue weighted by Gasteiger charge is 2.24. The van der Waals surface area contributed by atoms with E-state index in [2.05, 4.69) is 31.9 Å². The summed E-state index contributed by atoms with van der Waals surface area (Å²) in [5.74, 6) is -2.89. The summed E-state index contributed by atoms with van der Waals surface area (Å²) in [7, 11) is 2.15. The molecule has 0 radical (unpaired) electrons. The lowest BCUT2D eigenvalue weighted by atomic mass is 10.1. The van der Waals surface area contributed by atoms with Gasteiger partial charge in [-0.1, -0.05) is 19.3 Å². The van der Waals surface area contributed by atoms with Gasteiger partial charge in [-0.15, -0.1) is 0 Å². The van der Waals surface area contributed by atoms with Crippen LogP contribution in [0.15, 0.2) is 12.1 Å². The van der Waals surface area contributed by atoms with Crippen LogP contribution >= 0.6 is 11.5 Å². The van der Waals surface area contributed by atoms with Crippen LogP contribution in [-0.4, -0.2) is 77.6 Å². The number of amides is 2. The number of carbonyl (C=O) groups is 2. The third-order valence-corrected chi connectivity index (χ3v) is 7.07. The predicted octanol–water partition coefficient (Wildman–Crippen LogP) is 4.33. The van der Waals surface area contributed by atoms with Gasteiger partial charge in [0.05, 0.1) is 0 Å². The summed E-state index contributed by atoms with van der Waals surface area (Å²) in [5.41, 5.74) is -0.257. The number of nitrogens with one attached hydrogen (secondary N) is 2. The van der Waals surface area contributed by atoms with E-state index in [0.29, 0.717) is 6.54 Å². The third-order valence-electron chi connectivity index (χ3n) is 6.33. The number of aryl methyl sites for hydroxylation is 1. The molecule has 0 unspecified atom stereocenters. The van der Waals surface area contributed by atoms with Gasteiger partial charge in [-0.25, -0.2) is 18.4 Å². The third kappa shape index (κ3) is 8.90. The molecule has 0 bridgehead atoms. The average molecular weight is 540 g/mol. The first-order valence-corrected chi connectivity index (χ1v) is 13.3. The van der Waals surface area contributed by atoms with Gasteiger partial charge in [0.25, 0.3) is 0 Å². The first-order valence-electron chi connectivity index (χ1n) is 12.5. The number of carbonyl (C=O) groups excluding carboxylic acids is 1. The molecule has 0 saturated carbocycles. The molecule has 0 spiro atoms. The number of nitrogens with zero attached hydrogens (tertiary/aromatic N) is 3. The number of carboxylic acid groups (broad SMARTS) is 1. The highest BCUT2D eigenvalue weighted by Crippen LogP contribution is 2.31. The van der Waals surface area contributed by atoms with Crippen LogP contribution in [0.1, 0.15) is 53.6 Å². The van der Waals surface area contributed by atoms with Gasteiger partial charge < -0.3 is 25.0 Å². The Hall–Kier alpha value is -2.83. The number of hydrogen-bond donors (Lipinski definition) is 3. The summed E-state index contributed by atoms with van der Waals surface area (Å²) >= 11 is 0.740. The lowest BCUT2D eigenvalue weighted by Gasteiger charge is -2.32. The molecule has 3 rings (SSSR count). The van der Waals surface area contributed by atoms with Crippen molar-refractivity contribution in [1.29, 1.82) is 0 Å². The molecule has 12 heteroatoms. The Morgan fingerprint density at radius 2 is 1.78 bits per heavy atom. The minimum absolute atomic E-state index is 0.000495. The summed E-state index contributed by atoms with van der Waals surface area (Å²) < 4.78 is 37.1. The van der Waals surface area contributed by atoms with Crippen LogP contribution < -0.4 is 15.4 Å². The Labute approximate surface area is 220 Å². The number of hydrogen-bond acceptors (Lipinski definition) is 7. The van der Waals surface area contributed by atoms with Crippen molar-refractivity contribution in [2.75, 3.05) is 51.6 Å². The van der Waals surface area contributed by atoms with Crippen LogP contribution in [0.3, 0.4) is 0 Å². The van der Waals surface area contributed by atoms with Crippen molar-refractivity contribution >= 4 is 28.5 Å². The van der Waals surface area contributed by atoms with Crippen molar-refractivity contribution in [3.05, 3.63) is 40.5 Å². The number of unbranched alkanes of at least 4 members (excludes halogenated alkanes) is 4. The first kappa shape index (κ1) is 28.7. The fraction of sp³-hybridized carbons (Fsp3) is 0.560. The zero-order chi connectivity index (χ0) is 26.8. The highest BCUT2D eigenvalue weighted by molar-refractivity contribution is 7.11. The lowest BCUT2D eigenvalue weighted by Crippen LogP contribution is -2.44. The van der Waals surface area contributed by atoms with Crippen LogP contribution in [0.25, 0.3) is 0 Å². The second kappa shape index (κ2) is 14.2. The van der Waals surface area contributed by atoms with Crippen LogP contribution in [0, 0.1) is 18.6 Å². The van der Waals surface area contributed by atoms with Crippen molar-refractivity contribution in [1.82, 2.24) is 19.5 Å². The lowest BCUT2D eigenvalue weighted by molar-refractivity contribution is 0.0693. The van der Waals surface area contributed by atoms with Crippen LogP contribution in [0.5, 0.6) is 5.88 Å². The molecule has 1 aliphatic heterocycles. The number of halogens is 2. The minimum atomic E-state index is -1.36. The van der Waals surface area contributed by atoms with Gasteiger partial charge >= 0.3 is 12.0 Å². The van der Waals surface area contributed by atoms with Gasteiger partial charge in [0.15, 0.2) is 5.56 Å². The number of carboxylic acids is 1. The molecule has 2 amide bonds. The summed E-state index contributed by atoms with van der Waals surface area (Å²) in [4.78, 5) is 28.8. The van der Waals surface area contributed by atoms with E-state index in [0.717, 1.165) is 82.1 Å². The molecule has 1 aliphatic rings. The predicted molar refractivity (Wildman–Crippen MR) is 139 cm³/mol. The van der Waals surface area contributed by atoms with Gasteiger partial charge in [-0.3, -0.25) is 5.32 Å². The second-order valence-corrected chi connectivity index (χ2v) is 10.0. The van der Waals surface area contributed by atoms with Crippen molar-refractivity contribution in [3.63, 3.8) is 0 Å². The summed E-state index contributed by atoms with van der Waals surface area (Å²) in [5, 5.41) is 14.8. The Kier molecular flexibility index (Phi) is 11.0. The molecule has 9 nitrogen and oxygen atoms in total. The second-order valence-electron chi connectivity index (χ2n) is 9.27. The summed E-state index contributed by atoms with van der Waals surface area (Å²) in [6.45, 7) is 7.17. The van der Waals surface area contributed by atoms with Gasteiger partial charge in [0.1, 0.15) is 23.2 Å². The van der Waals surface area contributed by atoms with Crippen LogP contribution in [0.2, 0.25) is 0 Å². The fourth-order valence-corrected chi connectivity index (χ4v) is 4.73. The van der Waals surface area contributed by atoms with Crippen molar-refractivity contribution in [2.24, 2.45) is 0 Å². The first-order chi connectivity index (χ1) is 17.7. The van der Waals surface area contributed by atoms with E-state index in [-0.39, 0.29) is 27.6 Å². The van der Waals surface area contributed by atoms with E-state index in [1.165, 1.54) is 13.3 Å². The molecule has 3 N–H and O–H groups in total. The van der Waals surface area contributed by atoms with E-state index in [1.54, 1.807) is 0 Å². The molecule has 1 saturated heterocycles. The molecule has 2 heterocycles. The van der Waals surface area contributed by atoms with Gasteiger partial charge in [0, 0.05) is 38.3 Å². The molecule has 1 aromatic carbocycles. The molecular weight excluding hydrogens is 504 g/mol. The summed E-state index contributed by atoms with van der Waals surface area (Å²) in [6.07, 6.45) is 5.25. The normalized spacial score (nSPS) is 14.5. The molecular formula is C25H35F2N5O4S. The zero-order valence-corrected chi connectivity index (χ0v) is 22.1. The van der Waals surface area contributed by atoms with E-state index < -0.39 is 30.2 Å². The quantitative estimate of drug-likeness (QED) is 0.325. The minimum Gasteiger partial charge on any atom is -0.477 e. The monoisotopic (exact) mass is 539 g/mol. The average Bonchev–Trinajstić information content (AvgIpc) is 3.25. The molecule has 0 aliphatic carbocycles. The van der Waals surface area contributed by atoms with E-state index in [1.807, 2.05) is 0 Å². The largest absolute Gasteiger partial charge is 0.477 e. The number of likely N-dealkylation sites (N-methyl/N-ethyl adjacent to an activating group) is 1. The smallest absolute Gasteiger partial charge is 0.344 e. The Balaban J connectivity index is 1.36. The summed E-state index contributed by atoms with van der Waals surface area (Å²) in [6, 6.07) is 1.50. The SMILES string of the molecule is Cc1cc(F)c(COc2nsc(NC(=O)NCCCCCCCN3CCN(C)CC3)c2C(=O)O)cc1F. The number of urea groups is 1. The van der Waals surface area contributed by atoms with Gasteiger partial charge in [-0.2, -0.15) is 4.37 Å². The molecule has 1 aromatic heterocycles. The maximum atomic E-state index is 14.0. The molecule has 37 heavy (non-hydrogen) atoms. The van der Waals surface area contributed by atoms with E-state index >= 15 is 0 Å². The number of ether oxygens (including phenoxy) is 1. The van der Waals surface area contributed by atoms with E-state index in [4.69, 9.17) is 4.74 Å². The number of benzene rings is 1. The topological polar surface area (TPSA) is 107 Å². The maximum absolute atomic E-state index is 14.0. The van der Waals surface area contributed by atoms with Gasteiger partial charge in [-0.05, 0) is 62.6 Å². The number of aromatic carboxylic acids is 1. The Morgan fingerprint density at radius 3 is 2.51 bits per heavy atom. The van der Waals surface area contributed by atoms with Crippen LogP contribution in [-0.2, 0) is 6.61 Å². The standard InChI is InChI=1S/C25H35F2N5O4S/c1-17-14-20(27)18(15-19(17)26)16-36-22-21(24(33)34)23(37-30-22)29-25(35)28-8-6-4-3-5-7-9-32-12-10-31(2)11-13-32/h14-15H,3-13,16H2,1-2H3,(H,33,34)(H2,28,29,35). The molecule has 1 fully saturated rings. The molecule has 2 aromatic rings. The Bertz CT molecular complexity index is 1060. The van der Waals surface area contributed by atoms with Crippen molar-refractivity contribution in [2.45, 2.75) is 45.6 Å². The van der Waals surface area contributed by atoms with Crippen LogP contribution in [0.4, 0.5) is 18.6 Å². The fourth-order valence-electron chi connectivity index (χ4n) is 4.00. The van der Waals surface area contributed by atoms with Crippen molar-refractivity contribution < 1.29 is 28.2 Å². The molecule has 204 valence electrons. The number of aromatic nitrogens is 1. The number of anilines is 1. The Morgan fingerprint density at radius 1 is 1.08 bits per heavy atom.